The summed E-state index contributed by atoms with van der Waals surface area (Å²) in [6, 6.07) is 0. The van der Waals surface area contributed by atoms with Crippen LogP contribution in [0.3, 0.4) is 0 Å². The van der Waals surface area contributed by atoms with Gasteiger partial charge in [0.2, 0.25) is 0 Å². The Hall–Kier alpha value is 0.478. The van der Waals surface area contributed by atoms with E-state index in [2.05, 4.69) is 9.98 Å². The molecule has 8 heavy (non-hydrogen) atoms. The van der Waals surface area contributed by atoms with Crippen LogP contribution >= 0.6 is 23.2 Å². The standard InChI is InChI=1S/C3HCl2N2.W/c1-6-3(5)7-2-4;/h1H;/q-1;. The summed E-state index contributed by atoms with van der Waals surface area (Å²) in [7, 11) is 0. The molecule has 0 aromatic carbocycles. The van der Waals surface area contributed by atoms with E-state index in [0.29, 0.717) is 0 Å². The quantitative estimate of drug-likeness (QED) is 0.298. The summed E-state index contributed by atoms with van der Waals surface area (Å²) in [6.45, 7) is 0. The topological polar surface area (TPSA) is 24.7 Å². The Morgan fingerprint density at radius 1 is 1.75 bits per heavy atom. The molecule has 5 heteroatoms. The average Bonchev–Trinajstić information content (AvgIpc) is 1.68. The van der Waals surface area contributed by atoms with Crippen LogP contribution in [0.4, 0.5) is 0 Å². The minimum atomic E-state index is 0.106. The van der Waals surface area contributed by atoms with E-state index in [9.17, 15) is 0 Å². The molecule has 2 nitrogen and oxygen atoms in total. The molecule has 0 bridgehead atoms. The molecular weight excluding hydrogens is 319 g/mol. The van der Waals surface area contributed by atoms with E-state index in [1.807, 2.05) is 5.67 Å². The van der Waals surface area contributed by atoms with Crippen LogP contribution in [-0.2, 0) is 19.4 Å². The third kappa shape index (κ3) is 4.63. The molecule has 0 saturated carbocycles. The minimum absolute atomic E-state index is 0.106. The van der Waals surface area contributed by atoms with Crippen molar-refractivity contribution in [3.63, 3.8) is 0 Å². The number of rotatable bonds is 1. The first-order valence-electron chi connectivity index (χ1n) is 1.54. The number of hydrogen-bond donors (Lipinski definition) is 0. The van der Waals surface area contributed by atoms with Gasteiger partial charge in [0.05, 0.1) is 0 Å². The molecule has 0 aliphatic rings. The summed E-state index contributed by atoms with van der Waals surface area (Å²) in [4.78, 5) is 6.92. The first-order chi connectivity index (χ1) is 3.81. The van der Waals surface area contributed by atoms with Crippen LogP contribution in [0.2, 0.25) is 0 Å². The molecule has 44 valence electrons. The second kappa shape index (κ2) is 5.61. The fourth-order valence-corrected chi connectivity index (χ4v) is 0.911. The molecule has 0 fully saturated rings. The van der Waals surface area contributed by atoms with Gasteiger partial charge in [-0.15, -0.1) is 0 Å². The van der Waals surface area contributed by atoms with Crippen LogP contribution in [0.5, 0.6) is 0 Å². The number of nitrogens with zero attached hydrogens (tertiary/aromatic N) is 2. The molecule has 0 amide bonds. The number of aliphatic imine (C=N–C) groups is 2. The van der Waals surface area contributed by atoms with Gasteiger partial charge in [-0.3, -0.25) is 0 Å². The van der Waals surface area contributed by atoms with Crippen molar-refractivity contribution in [2.24, 2.45) is 9.98 Å². The zero-order valence-corrected chi connectivity index (χ0v) is 8.08. The summed E-state index contributed by atoms with van der Waals surface area (Å²) < 4.78 is 1.60. The molecule has 0 spiro atoms. The number of amidine groups is 1. The van der Waals surface area contributed by atoms with Gasteiger partial charge in [-0.05, 0) is 0 Å². The van der Waals surface area contributed by atoms with Crippen LogP contribution in [0.15, 0.2) is 9.98 Å². The van der Waals surface area contributed by atoms with Gasteiger partial charge in [0.25, 0.3) is 0 Å². The molecule has 0 heterocycles. The molecule has 0 aromatic rings. The summed E-state index contributed by atoms with van der Waals surface area (Å²) in [5.41, 5.74) is 1.98. The Morgan fingerprint density at radius 3 is 2.75 bits per heavy atom. The van der Waals surface area contributed by atoms with Crippen molar-refractivity contribution in [2.75, 3.05) is 0 Å². The second-order valence-electron chi connectivity index (χ2n) is 0.700. The summed E-state index contributed by atoms with van der Waals surface area (Å²) in [5.74, 6) is 0. The van der Waals surface area contributed by atoms with Crippen LogP contribution in [-0.4, -0.2) is 15.5 Å². The first kappa shape index (κ1) is 8.48. The van der Waals surface area contributed by atoms with Crippen LogP contribution < -0.4 is 0 Å². The Kier molecular flexibility index (Phi) is 5.95. The summed E-state index contributed by atoms with van der Waals surface area (Å²) >= 11 is 11.5. The maximum atomic E-state index is 5.30. The van der Waals surface area contributed by atoms with E-state index < -0.39 is 0 Å². The maximum absolute atomic E-state index is 5.30. The first-order valence-corrected chi connectivity index (χ1v) is 3.99. The predicted octanol–water partition coefficient (Wildman–Crippen LogP) is 1.03. The van der Waals surface area contributed by atoms with Crippen LogP contribution in [0, 0.1) is 0 Å². The third-order valence-corrected chi connectivity index (χ3v) is 0.939. The van der Waals surface area contributed by atoms with E-state index in [1.54, 1.807) is 4.52 Å². The van der Waals surface area contributed by atoms with Gasteiger partial charge in [-0.2, -0.15) is 0 Å². The van der Waals surface area contributed by atoms with Crippen molar-refractivity contribution < 1.29 is 19.4 Å². The molecule has 0 rings (SSSR count). The zero-order chi connectivity index (χ0) is 6.41. The number of halogens is 2. The fraction of sp³-hybridized carbons (Fsp3) is 0. The van der Waals surface area contributed by atoms with E-state index in [-0.39, 0.29) is 5.29 Å². The monoisotopic (exact) mass is 319 g/mol. The van der Waals surface area contributed by atoms with E-state index in [1.165, 1.54) is 19.4 Å². The SMILES string of the molecule is Cl[C-]=NC(Cl)=N[CH]=[W]. The van der Waals surface area contributed by atoms with Gasteiger partial charge in [-0.1, -0.05) is 0 Å². The molecule has 0 unspecified atom stereocenters. The van der Waals surface area contributed by atoms with E-state index >= 15 is 0 Å². The zero-order valence-electron chi connectivity index (χ0n) is 3.64. The van der Waals surface area contributed by atoms with Crippen molar-refractivity contribution in [3.05, 3.63) is 0 Å². The molecule has 0 saturated heterocycles. The Bertz CT molecular complexity index is 131. The molecule has 0 atom stereocenters. The van der Waals surface area contributed by atoms with E-state index in [4.69, 9.17) is 23.2 Å². The molecule has 0 aromatic heterocycles. The van der Waals surface area contributed by atoms with Crippen molar-refractivity contribution in [2.45, 2.75) is 0 Å². The molecule has 0 N–H and O–H groups in total. The second-order valence-corrected chi connectivity index (χ2v) is 1.96. The molecule has 0 aliphatic carbocycles. The van der Waals surface area contributed by atoms with Gasteiger partial charge >= 0.3 is 68.0 Å². The Balaban J connectivity index is 3.79. The molecule has 0 radical (unpaired) electrons. The van der Waals surface area contributed by atoms with Crippen LogP contribution in [0.25, 0.3) is 0 Å². The van der Waals surface area contributed by atoms with E-state index in [0.717, 1.165) is 0 Å². The Labute approximate surface area is 68.0 Å². The average molecular weight is 320 g/mol. The van der Waals surface area contributed by atoms with Gasteiger partial charge < -0.3 is 0 Å². The fourth-order valence-electron chi connectivity index (χ4n) is 0.107. The van der Waals surface area contributed by atoms with Crippen molar-refractivity contribution in [3.8, 4) is 0 Å². The number of hydrogen-bond acceptors (Lipinski definition) is 1. The van der Waals surface area contributed by atoms with Gasteiger partial charge in [0, 0.05) is 0 Å². The summed E-state index contributed by atoms with van der Waals surface area (Å²) in [5, 5.41) is 0.106. The van der Waals surface area contributed by atoms with Crippen molar-refractivity contribution in [1.29, 1.82) is 0 Å². The molecule has 0 aliphatic heterocycles. The normalized spacial score (nSPS) is 12.5. The predicted molar refractivity (Wildman–Crippen MR) is 32.6 cm³/mol. The van der Waals surface area contributed by atoms with Gasteiger partial charge in [-0.25, -0.2) is 0 Å². The summed E-state index contributed by atoms with van der Waals surface area (Å²) in [6.07, 6.45) is 0. The Morgan fingerprint density at radius 2 is 2.38 bits per heavy atom. The van der Waals surface area contributed by atoms with Gasteiger partial charge in [0.1, 0.15) is 0 Å². The van der Waals surface area contributed by atoms with Crippen LogP contribution in [0.1, 0.15) is 0 Å². The van der Waals surface area contributed by atoms with Crippen molar-refractivity contribution in [1.82, 2.24) is 0 Å². The third-order valence-electron chi connectivity index (χ3n) is 0.294. The van der Waals surface area contributed by atoms with Crippen molar-refractivity contribution >= 4 is 38.7 Å². The molecular formula is C3HCl2N2W-. The van der Waals surface area contributed by atoms with Gasteiger partial charge in [0.15, 0.2) is 0 Å².